The first kappa shape index (κ1) is 42.0. The van der Waals surface area contributed by atoms with E-state index in [9.17, 15) is 32.4 Å². The predicted octanol–water partition coefficient (Wildman–Crippen LogP) is 15.5. The lowest BCUT2D eigenvalue weighted by molar-refractivity contribution is -0.0259. The molecule has 0 bridgehead atoms. The Bertz CT molecular complexity index is 6660. The Morgan fingerprint density at radius 3 is 0.966 bits per heavy atom. The summed E-state index contributed by atoms with van der Waals surface area (Å²) in [5.74, 6) is -12.5. The fraction of sp³-hybridized carbons (Fsp3) is 0.688. The highest BCUT2D eigenvalue weighted by molar-refractivity contribution is 5.54. The van der Waals surface area contributed by atoms with E-state index >= 15 is 0 Å². The molecule has 10 aliphatic rings. The van der Waals surface area contributed by atoms with Gasteiger partial charge >= 0.3 is 0 Å². The minimum atomic E-state index is -4.52. The monoisotopic (exact) mass is 1670 g/mol. The first-order valence-electron chi connectivity index (χ1n) is 66.3. The van der Waals surface area contributed by atoms with Gasteiger partial charge in [0.15, 0.2) is 57.5 Å². The second-order valence-electron chi connectivity index (χ2n) is 31.0. The SMILES string of the molecule is [2H]c1c(OC([2H])([2H])[2H])c(OC)c([2H])c2c1C1([2H])CC(O)C(CC(C)C)CN1C([2H])([2H])C2([2H])[2H].[2H]c1c(OC)c(OC)c([2H])c2c1C1([2H])CC(O)C(CC(C)C)CN1C([2H])([2H])C2([2H])[2H].[2H]c1c(OC)c(OC)c([2H])c2c1C1([2H])CC(O)C(CC(C)C)CN1C([2H])([2H])C2([2H])[2H].[2H]c1c2c(c([2H])c(OC([2H])([2H])[2H])c1OC)C1([2H])N(CC2)C([2H])([2H])C([2H])(C([2H])([2H])C(C)(C([2H])([2H])[2H])C([2H])([2H])[2H])C([2H])(O)C1([2H])[2H].[2H]c1c2c(c([2H])c(OC([2H])([2H])[2H])c1OC)C1([2H])N(CC2)C([2H])([2H])C([2H])(CC(C)C)C([2H])(O)C1([2H])[2H]. The minimum absolute atomic E-state index is 0.0318. The lowest BCUT2D eigenvalue weighted by Gasteiger charge is -2.47. The van der Waals surface area contributed by atoms with Gasteiger partial charge in [0.25, 0.3) is 0 Å². The first-order valence-corrected chi connectivity index (χ1v) is 38.3. The quantitative estimate of drug-likeness (QED) is 0.0520. The summed E-state index contributed by atoms with van der Waals surface area (Å²) in [6.45, 7) is -8.67. The van der Waals surface area contributed by atoms with E-state index < -0.39 is 331 Å². The van der Waals surface area contributed by atoms with Crippen LogP contribution in [-0.4, -0.2) is 217 Å². The molecule has 5 fully saturated rings. The second-order valence-corrected chi connectivity index (χ2v) is 31.0. The number of hydrogen-bond acceptors (Lipinski definition) is 20. The maximum absolute atomic E-state index is 11.6. The number of methoxy groups -OCH3 is 10. The summed E-state index contributed by atoms with van der Waals surface area (Å²) in [5, 5.41) is 55.3. The van der Waals surface area contributed by atoms with Crippen LogP contribution in [0.5, 0.6) is 57.5 Å². The number of ether oxygens (including phenoxy) is 10. The summed E-state index contributed by atoms with van der Waals surface area (Å²) >= 11 is 0. The van der Waals surface area contributed by atoms with Crippen molar-refractivity contribution >= 4 is 0 Å². The number of nitrogens with zero attached hydrogens (tertiary/aromatic N) is 5. The van der Waals surface area contributed by atoms with Crippen molar-refractivity contribution in [1.82, 2.24) is 24.5 Å². The zero-order valence-electron chi connectivity index (χ0n) is 124. The van der Waals surface area contributed by atoms with E-state index in [2.05, 4.69) is 0 Å². The molecule has 15 rings (SSSR count). The fourth-order valence-corrected chi connectivity index (χ4v) is 15.2. The number of piperidine rings is 5. The average Bonchev–Trinajstić information content (AvgIpc) is 0.635. The molecule has 0 spiro atoms. The maximum Gasteiger partial charge on any atom is 0.161 e. The molecule has 10 heterocycles. The van der Waals surface area contributed by atoms with Gasteiger partial charge in [0.2, 0.25) is 0 Å². The molecular formula is C96H147N5O15. The van der Waals surface area contributed by atoms with Crippen LogP contribution < -0.4 is 47.4 Å². The topological polar surface area (TPSA) is 210 Å². The van der Waals surface area contributed by atoms with Crippen LogP contribution in [0.25, 0.3) is 0 Å². The van der Waals surface area contributed by atoms with Gasteiger partial charge < -0.3 is 72.9 Å². The van der Waals surface area contributed by atoms with Gasteiger partial charge in [-0.1, -0.05) is 76.0 Å². The molecular weight excluding hydrogens is 1460 g/mol. The minimum Gasteiger partial charge on any atom is -0.493 e. The molecule has 0 radical (unpaired) electrons. The Labute approximate surface area is 774 Å². The Kier molecular flexibility index (Phi) is 14.6. The van der Waals surface area contributed by atoms with Gasteiger partial charge in [0, 0.05) is 136 Å². The molecule has 15 atom stereocenters. The zero-order chi connectivity index (χ0) is 133. The second kappa shape index (κ2) is 40.4. The molecule has 5 aromatic rings. The van der Waals surface area contributed by atoms with Crippen LogP contribution in [0.4, 0.5) is 0 Å². The predicted molar refractivity (Wildman–Crippen MR) is 460 cm³/mol. The summed E-state index contributed by atoms with van der Waals surface area (Å²) in [6, 6.07) is -18.5. The zero-order valence-corrected chi connectivity index (χ0v) is 68.2. The van der Waals surface area contributed by atoms with Gasteiger partial charge in [-0.2, -0.15) is 0 Å². The van der Waals surface area contributed by atoms with Crippen molar-refractivity contribution in [3.63, 3.8) is 0 Å². The number of aliphatic hydroxyl groups is 5. The van der Waals surface area contributed by atoms with Crippen molar-refractivity contribution in [2.24, 2.45) is 58.6 Å². The normalized spacial score (nSPS) is 45.2. The molecule has 0 saturated carbocycles. The average molecular weight is 1670 g/mol. The van der Waals surface area contributed by atoms with Crippen molar-refractivity contribution < 1.29 is 150 Å². The molecule has 5 saturated heterocycles. The Morgan fingerprint density at radius 1 is 0.397 bits per heavy atom. The van der Waals surface area contributed by atoms with E-state index in [0.29, 0.717) is 31.1 Å². The van der Waals surface area contributed by atoms with Crippen molar-refractivity contribution in [2.75, 3.05) is 136 Å². The summed E-state index contributed by atoms with van der Waals surface area (Å²) < 4.78 is 524. The highest BCUT2D eigenvalue weighted by Crippen LogP contribution is 2.51. The molecule has 5 N–H and O–H groups in total. The van der Waals surface area contributed by atoms with Crippen molar-refractivity contribution in [2.45, 2.75) is 233 Å². The summed E-state index contributed by atoms with van der Waals surface area (Å²) in [6.07, 6.45) is -31.0. The summed E-state index contributed by atoms with van der Waals surface area (Å²) in [5.41, 5.74) is -7.81. The Morgan fingerprint density at radius 2 is 0.672 bits per heavy atom. The van der Waals surface area contributed by atoms with Gasteiger partial charge in [-0.15, -0.1) is 0 Å². The van der Waals surface area contributed by atoms with Gasteiger partial charge in [-0.25, -0.2) is 0 Å². The molecule has 15 unspecified atom stereocenters. The number of benzene rings is 5. The highest BCUT2D eigenvalue weighted by Gasteiger charge is 2.45. The van der Waals surface area contributed by atoms with Gasteiger partial charge in [-0.3, -0.25) is 24.5 Å². The van der Waals surface area contributed by atoms with E-state index in [1.165, 1.54) is 28.4 Å². The molecule has 0 aliphatic carbocycles. The molecule has 20 nitrogen and oxygen atoms in total. The van der Waals surface area contributed by atoms with Crippen LogP contribution in [0.1, 0.15) is 303 Å². The van der Waals surface area contributed by atoms with Crippen LogP contribution in [-0.2, 0) is 32.0 Å². The van der Waals surface area contributed by atoms with Crippen LogP contribution in [0, 0.1) is 58.6 Å². The number of hydrogen-bond donors (Lipinski definition) is 5. The Hall–Kier alpha value is -6.30. The van der Waals surface area contributed by atoms with Crippen LogP contribution in [0.15, 0.2) is 60.4 Å². The third kappa shape index (κ3) is 21.3. The summed E-state index contributed by atoms with van der Waals surface area (Å²) in [7, 11) is -1.07. The van der Waals surface area contributed by atoms with Crippen molar-refractivity contribution in [1.29, 1.82) is 0 Å². The van der Waals surface area contributed by atoms with E-state index in [0.717, 1.165) is 36.0 Å². The van der Waals surface area contributed by atoms with E-state index in [1.54, 1.807) is 13.8 Å². The fourth-order valence-electron chi connectivity index (χ4n) is 15.2. The van der Waals surface area contributed by atoms with Gasteiger partial charge in [0.05, 0.1) is 137 Å². The van der Waals surface area contributed by atoms with Crippen LogP contribution in [0.2, 0.25) is 0 Å². The molecule has 10 aliphatic heterocycles. The van der Waals surface area contributed by atoms with Crippen LogP contribution in [0.3, 0.4) is 0 Å². The smallest absolute Gasteiger partial charge is 0.161 e. The van der Waals surface area contributed by atoms with Crippen molar-refractivity contribution in [3.8, 4) is 57.5 Å². The third-order valence-corrected chi connectivity index (χ3v) is 20.4. The van der Waals surface area contributed by atoms with Crippen molar-refractivity contribution in [3.05, 3.63) is 116 Å². The van der Waals surface area contributed by atoms with Gasteiger partial charge in [-0.05, 0) is 271 Å². The third-order valence-electron chi connectivity index (χ3n) is 20.4. The lowest BCUT2D eigenvalue weighted by atomic mass is 9.75. The van der Waals surface area contributed by atoms with E-state index in [4.69, 9.17) is 117 Å². The number of aliphatic hydroxyl groups excluding tert-OH is 3. The molecule has 0 aromatic heterocycles. The van der Waals surface area contributed by atoms with Gasteiger partial charge in [0.1, 0.15) is 0 Å². The van der Waals surface area contributed by atoms with Crippen LogP contribution >= 0.6 is 0 Å². The number of fused-ring (bicyclic) bond motifs is 15. The number of rotatable bonds is 19. The standard InChI is InChI=1S/C20H31NO3.4C19H29NO3/c1-20(2,3)11-14-12-21-7-6-13-8-18(23-4)19(24-5)9-15(13)16(21)10-17(14)22;4*1-12(2)7-14-11-20-6-5-13-8-18(22-3)19(23-4)9-15(13)16(20)10-17(14)21/h8-9,14,16-17,22H,6-7,10-12H2,1-5H3;4*8-9,12,14,16-17,21H,5-7,10-11H2,1-4H3/i1D3,2D3,5D3,8D,9D,10D2,11D2,12D2,14D,16D,17D;4D3,8D,9D,10D2,11D2,14D,16D,17D;4D3,5D2,6D2,8D,9D,16D;2*5D2,6D2,8D,9D,16D. The first-order chi connectivity index (χ1) is 77.2. The molecule has 20 heteroatoms. The highest BCUT2D eigenvalue weighted by atomic mass is 16.5. The lowest BCUT2D eigenvalue weighted by Crippen LogP contribution is -2.48. The Balaban J connectivity index is 0.000000202. The maximum atomic E-state index is 11.6. The molecule has 646 valence electrons. The summed E-state index contributed by atoms with van der Waals surface area (Å²) in [4.78, 5) is 4.07. The molecule has 5 aromatic carbocycles. The van der Waals surface area contributed by atoms with E-state index in [-0.39, 0.29) is 144 Å². The largest absolute Gasteiger partial charge is 0.493 e. The molecule has 0 amide bonds. The molecule has 116 heavy (non-hydrogen) atoms. The van der Waals surface area contributed by atoms with E-state index in [1.807, 2.05) is 41.5 Å².